The second-order valence-electron chi connectivity index (χ2n) is 7.48. The zero-order chi connectivity index (χ0) is 20.7. The highest BCUT2D eigenvalue weighted by Crippen LogP contribution is 2.39. The van der Waals surface area contributed by atoms with E-state index in [1.165, 1.54) is 17.3 Å². The Morgan fingerprint density at radius 2 is 1.79 bits per heavy atom. The van der Waals surface area contributed by atoms with E-state index in [9.17, 15) is 4.79 Å². The van der Waals surface area contributed by atoms with E-state index in [0.29, 0.717) is 29.1 Å². The molecular weight excluding hydrogens is 382 g/mol. The molecule has 0 spiro atoms. The number of nitrogens with one attached hydrogen (secondary N) is 3. The molecule has 2 aromatic carbocycles. The van der Waals surface area contributed by atoms with Crippen molar-refractivity contribution < 1.29 is 9.53 Å². The molecule has 0 saturated heterocycles. The molecule has 1 aliphatic carbocycles. The van der Waals surface area contributed by atoms with Crippen LogP contribution in [0.25, 0.3) is 0 Å². The first-order valence-electron chi connectivity index (χ1n) is 9.94. The standard InChI is InChI=1S/C23H29N3O2S/c1-28-20-11-7-6-10-19(20)21(27)25-16-23(17-8-4-3-5-9-17)14-12-18(13-15-23)26-22(24)29-2/h3-11,18H,12-16H2,1-2H3,(H2,24,26)(H,25,27)/t18-,23-. The summed E-state index contributed by atoms with van der Waals surface area (Å²) < 4.78 is 5.34. The van der Waals surface area contributed by atoms with Crippen molar-refractivity contribution in [1.29, 1.82) is 5.41 Å². The van der Waals surface area contributed by atoms with E-state index in [0.717, 1.165) is 25.7 Å². The van der Waals surface area contributed by atoms with Crippen molar-refractivity contribution in [2.45, 2.75) is 37.1 Å². The average Bonchev–Trinajstić information content (AvgIpc) is 2.79. The molecular formula is C23H29N3O2S. The van der Waals surface area contributed by atoms with Gasteiger partial charge in [-0.05, 0) is 49.6 Å². The summed E-state index contributed by atoms with van der Waals surface area (Å²) in [4.78, 5) is 12.9. The summed E-state index contributed by atoms with van der Waals surface area (Å²) in [5.41, 5.74) is 1.72. The fourth-order valence-corrected chi connectivity index (χ4v) is 4.38. The van der Waals surface area contributed by atoms with Crippen LogP contribution in [0, 0.1) is 5.41 Å². The maximum Gasteiger partial charge on any atom is 0.255 e. The number of para-hydroxylation sites is 1. The molecule has 6 heteroatoms. The highest BCUT2D eigenvalue weighted by Gasteiger charge is 2.37. The first-order chi connectivity index (χ1) is 14.1. The summed E-state index contributed by atoms with van der Waals surface area (Å²) in [5.74, 6) is 0.476. The summed E-state index contributed by atoms with van der Waals surface area (Å²) in [6.45, 7) is 0.584. The smallest absolute Gasteiger partial charge is 0.255 e. The van der Waals surface area contributed by atoms with Gasteiger partial charge < -0.3 is 15.4 Å². The quantitative estimate of drug-likeness (QED) is 0.492. The van der Waals surface area contributed by atoms with E-state index < -0.39 is 0 Å². The number of amidine groups is 1. The highest BCUT2D eigenvalue weighted by molar-refractivity contribution is 8.13. The minimum atomic E-state index is -0.109. The Labute approximate surface area is 177 Å². The molecule has 5 nitrogen and oxygen atoms in total. The molecule has 2 aromatic rings. The molecule has 0 bridgehead atoms. The van der Waals surface area contributed by atoms with E-state index in [2.05, 4.69) is 34.9 Å². The zero-order valence-corrected chi connectivity index (χ0v) is 17.9. The highest BCUT2D eigenvalue weighted by atomic mass is 32.2. The molecule has 1 amide bonds. The van der Waals surface area contributed by atoms with E-state index in [1.807, 2.05) is 24.5 Å². The number of carbonyl (C=O) groups is 1. The van der Waals surface area contributed by atoms with E-state index in [-0.39, 0.29) is 11.3 Å². The third-order valence-electron chi connectivity index (χ3n) is 5.81. The van der Waals surface area contributed by atoms with Gasteiger partial charge >= 0.3 is 0 Å². The van der Waals surface area contributed by atoms with Gasteiger partial charge in [-0.15, -0.1) is 0 Å². The van der Waals surface area contributed by atoms with Crippen LogP contribution in [-0.2, 0) is 5.41 Å². The van der Waals surface area contributed by atoms with Crippen LogP contribution in [0.2, 0.25) is 0 Å². The van der Waals surface area contributed by atoms with E-state index in [4.69, 9.17) is 10.1 Å². The lowest BCUT2D eigenvalue weighted by Crippen LogP contribution is -2.47. The summed E-state index contributed by atoms with van der Waals surface area (Å²) in [6, 6.07) is 18.1. The number of rotatable bonds is 6. The summed E-state index contributed by atoms with van der Waals surface area (Å²) in [7, 11) is 1.58. The third kappa shape index (κ3) is 5.12. The van der Waals surface area contributed by atoms with Crippen LogP contribution in [0.1, 0.15) is 41.6 Å². The maximum absolute atomic E-state index is 12.9. The van der Waals surface area contributed by atoms with Crippen molar-refractivity contribution >= 4 is 22.8 Å². The molecule has 29 heavy (non-hydrogen) atoms. The van der Waals surface area contributed by atoms with Crippen LogP contribution in [0.15, 0.2) is 54.6 Å². The number of benzene rings is 2. The Bertz CT molecular complexity index is 833. The predicted octanol–water partition coefficient (Wildman–Crippen LogP) is 4.19. The van der Waals surface area contributed by atoms with Gasteiger partial charge in [-0.2, -0.15) is 0 Å². The minimum absolute atomic E-state index is 0.0985. The molecule has 0 aliphatic heterocycles. The lowest BCUT2D eigenvalue weighted by molar-refractivity contribution is 0.0932. The monoisotopic (exact) mass is 411 g/mol. The first kappa shape index (κ1) is 21.2. The molecule has 0 radical (unpaired) electrons. The number of carbonyl (C=O) groups excluding carboxylic acids is 1. The van der Waals surface area contributed by atoms with Crippen molar-refractivity contribution in [3.63, 3.8) is 0 Å². The maximum atomic E-state index is 12.9. The second kappa shape index (κ2) is 9.83. The van der Waals surface area contributed by atoms with Crippen molar-refractivity contribution in [2.75, 3.05) is 19.9 Å². The van der Waals surface area contributed by atoms with E-state index >= 15 is 0 Å². The average molecular weight is 412 g/mol. The van der Waals surface area contributed by atoms with Gasteiger partial charge in [0.25, 0.3) is 5.91 Å². The molecule has 0 heterocycles. The fraction of sp³-hybridized carbons (Fsp3) is 0.391. The van der Waals surface area contributed by atoms with Crippen LogP contribution in [-0.4, -0.2) is 37.0 Å². The molecule has 0 atom stereocenters. The first-order valence-corrected chi connectivity index (χ1v) is 11.2. The SMILES string of the molecule is COc1ccccc1C(=O)NC[C@]1(c2ccccc2)CC[C@H](NC(=N)SC)CC1. The van der Waals surface area contributed by atoms with Crippen LogP contribution < -0.4 is 15.4 Å². The van der Waals surface area contributed by atoms with Crippen LogP contribution >= 0.6 is 11.8 Å². The largest absolute Gasteiger partial charge is 0.496 e. The molecule has 0 unspecified atom stereocenters. The Morgan fingerprint density at radius 1 is 1.14 bits per heavy atom. The number of ether oxygens (including phenoxy) is 1. The van der Waals surface area contributed by atoms with Gasteiger partial charge in [0.05, 0.1) is 12.7 Å². The van der Waals surface area contributed by atoms with Gasteiger partial charge in [-0.25, -0.2) is 0 Å². The molecule has 1 aliphatic rings. The second-order valence-corrected chi connectivity index (χ2v) is 8.30. The van der Waals surface area contributed by atoms with Crippen molar-refractivity contribution in [3.05, 3.63) is 65.7 Å². The van der Waals surface area contributed by atoms with Gasteiger partial charge in [0, 0.05) is 18.0 Å². The van der Waals surface area contributed by atoms with Gasteiger partial charge in [-0.1, -0.05) is 54.2 Å². The molecule has 1 saturated carbocycles. The molecule has 0 aromatic heterocycles. The van der Waals surface area contributed by atoms with Gasteiger partial charge in [0.15, 0.2) is 5.17 Å². The summed E-state index contributed by atoms with van der Waals surface area (Å²) in [5, 5.41) is 14.9. The number of hydrogen-bond acceptors (Lipinski definition) is 4. The Kier molecular flexibility index (Phi) is 7.20. The van der Waals surface area contributed by atoms with Gasteiger partial charge in [-0.3, -0.25) is 10.2 Å². The van der Waals surface area contributed by atoms with Crippen molar-refractivity contribution in [2.24, 2.45) is 0 Å². The Balaban J connectivity index is 1.74. The van der Waals surface area contributed by atoms with Crippen molar-refractivity contribution in [3.8, 4) is 5.75 Å². The fourth-order valence-electron chi connectivity index (χ4n) is 4.10. The number of thioether (sulfide) groups is 1. The van der Waals surface area contributed by atoms with E-state index in [1.54, 1.807) is 19.2 Å². The lowest BCUT2D eigenvalue weighted by atomic mass is 9.68. The van der Waals surface area contributed by atoms with Crippen molar-refractivity contribution in [1.82, 2.24) is 10.6 Å². The van der Waals surface area contributed by atoms with Gasteiger partial charge in [0.2, 0.25) is 0 Å². The zero-order valence-electron chi connectivity index (χ0n) is 17.0. The van der Waals surface area contributed by atoms with Crippen LogP contribution in [0.4, 0.5) is 0 Å². The Hall–Kier alpha value is -2.47. The van der Waals surface area contributed by atoms with Crippen LogP contribution in [0.5, 0.6) is 5.75 Å². The number of hydrogen-bond donors (Lipinski definition) is 3. The topological polar surface area (TPSA) is 74.2 Å². The Morgan fingerprint density at radius 3 is 2.45 bits per heavy atom. The summed E-state index contributed by atoms with van der Waals surface area (Å²) in [6.07, 6.45) is 5.79. The van der Waals surface area contributed by atoms with Crippen LogP contribution in [0.3, 0.4) is 0 Å². The molecule has 3 rings (SSSR count). The normalized spacial score (nSPS) is 21.2. The third-order valence-corrected chi connectivity index (χ3v) is 6.33. The minimum Gasteiger partial charge on any atom is -0.496 e. The van der Waals surface area contributed by atoms with Gasteiger partial charge in [0.1, 0.15) is 5.75 Å². The number of amides is 1. The summed E-state index contributed by atoms with van der Waals surface area (Å²) >= 11 is 1.43. The number of methoxy groups -OCH3 is 1. The molecule has 1 fully saturated rings. The molecule has 154 valence electrons. The lowest BCUT2D eigenvalue weighted by Gasteiger charge is -2.41. The predicted molar refractivity (Wildman–Crippen MR) is 120 cm³/mol. The molecule has 3 N–H and O–H groups in total.